The van der Waals surface area contributed by atoms with E-state index in [9.17, 15) is 19.2 Å². The quantitative estimate of drug-likeness (QED) is 0.540. The van der Waals surface area contributed by atoms with E-state index in [4.69, 9.17) is 10.5 Å². The Labute approximate surface area is 198 Å². The summed E-state index contributed by atoms with van der Waals surface area (Å²) in [5.74, 6) is -1.30. The highest BCUT2D eigenvalue weighted by Crippen LogP contribution is 2.28. The second-order valence-corrected chi connectivity index (χ2v) is 8.41. The maximum Gasteiger partial charge on any atom is 0.330 e. The van der Waals surface area contributed by atoms with Gasteiger partial charge in [-0.3, -0.25) is 23.9 Å². The first kappa shape index (κ1) is 25.2. The van der Waals surface area contributed by atoms with Crippen molar-refractivity contribution in [1.29, 1.82) is 0 Å². The first-order valence-electron chi connectivity index (χ1n) is 11.6. The van der Waals surface area contributed by atoms with Crippen LogP contribution in [0.25, 0.3) is 0 Å². The topological polar surface area (TPSA) is 131 Å². The summed E-state index contributed by atoms with van der Waals surface area (Å²) in [6, 6.07) is 7.67. The number of nitrogens with one attached hydrogen (secondary N) is 1. The van der Waals surface area contributed by atoms with Crippen LogP contribution in [0.3, 0.4) is 0 Å². The zero-order valence-electron chi connectivity index (χ0n) is 20.0. The predicted octanol–water partition coefficient (Wildman–Crippen LogP) is 1.51. The summed E-state index contributed by atoms with van der Waals surface area (Å²) in [7, 11) is 1.49. The van der Waals surface area contributed by atoms with E-state index in [0.29, 0.717) is 13.0 Å². The molecule has 1 aliphatic heterocycles. The number of carbonyl (C=O) groups is 2. The molecule has 1 aromatic carbocycles. The van der Waals surface area contributed by atoms with E-state index in [1.165, 1.54) is 16.6 Å². The molecule has 3 rings (SSSR count). The number of aromatic amines is 1. The van der Waals surface area contributed by atoms with Crippen LogP contribution in [0.2, 0.25) is 0 Å². The zero-order chi connectivity index (χ0) is 24.8. The van der Waals surface area contributed by atoms with E-state index >= 15 is 0 Å². The molecule has 10 heteroatoms. The molecule has 10 nitrogen and oxygen atoms in total. The van der Waals surface area contributed by atoms with Gasteiger partial charge in [0.05, 0.1) is 12.5 Å². The number of nitrogens with two attached hydrogens (primary N) is 1. The Morgan fingerprint density at radius 2 is 1.91 bits per heavy atom. The van der Waals surface area contributed by atoms with Crippen molar-refractivity contribution in [3.8, 4) is 0 Å². The number of aromatic nitrogens is 2. The largest absolute Gasteiger partial charge is 0.383 e. The molecule has 0 aliphatic carbocycles. The number of amides is 2. The molecule has 3 N–H and O–H groups in total. The van der Waals surface area contributed by atoms with Crippen LogP contribution in [0.15, 0.2) is 33.9 Å². The second-order valence-electron chi connectivity index (χ2n) is 8.41. The summed E-state index contributed by atoms with van der Waals surface area (Å²) in [6.07, 6.45) is 2.42. The highest BCUT2D eigenvalue weighted by Gasteiger charge is 2.39. The van der Waals surface area contributed by atoms with Crippen LogP contribution >= 0.6 is 0 Å². The van der Waals surface area contributed by atoms with E-state index in [1.807, 2.05) is 31.2 Å². The Hall–Kier alpha value is -3.40. The maximum absolute atomic E-state index is 13.6. The fourth-order valence-electron chi connectivity index (χ4n) is 4.15. The Kier molecular flexibility index (Phi) is 8.27. The molecule has 184 valence electrons. The Balaban J connectivity index is 1.93. The SMILES string of the molecule is CCCCn1c(N)c(N(CCOC)C(=O)[C@@H]2CC(=O)N(c3ccc(CC)cc3)C2)c(=O)[nH]c1=O. The van der Waals surface area contributed by atoms with Crippen molar-refractivity contribution in [1.82, 2.24) is 9.55 Å². The molecule has 0 radical (unpaired) electrons. The van der Waals surface area contributed by atoms with Crippen LogP contribution in [0, 0.1) is 5.92 Å². The molecule has 1 atom stereocenters. The number of unbranched alkanes of at least 4 members (excludes halogenated alkanes) is 1. The molecule has 0 bridgehead atoms. The van der Waals surface area contributed by atoms with Gasteiger partial charge in [-0.1, -0.05) is 32.4 Å². The minimum absolute atomic E-state index is 0.0190. The van der Waals surface area contributed by atoms with Crippen LogP contribution in [0.4, 0.5) is 17.2 Å². The van der Waals surface area contributed by atoms with Crippen LogP contribution in [-0.2, 0) is 27.3 Å². The summed E-state index contributed by atoms with van der Waals surface area (Å²) in [5.41, 5.74) is 6.68. The number of rotatable bonds is 10. The lowest BCUT2D eigenvalue weighted by Gasteiger charge is -2.26. The molecule has 0 spiro atoms. The maximum atomic E-state index is 13.6. The third-order valence-electron chi connectivity index (χ3n) is 6.13. The Morgan fingerprint density at radius 3 is 2.53 bits per heavy atom. The van der Waals surface area contributed by atoms with Crippen molar-refractivity contribution in [3.63, 3.8) is 0 Å². The normalized spacial score (nSPS) is 15.7. The number of nitrogens with zero attached hydrogens (tertiary/aromatic N) is 3. The first-order chi connectivity index (χ1) is 16.3. The number of benzene rings is 1. The lowest BCUT2D eigenvalue weighted by molar-refractivity contribution is -0.124. The Morgan fingerprint density at radius 1 is 1.21 bits per heavy atom. The molecule has 34 heavy (non-hydrogen) atoms. The smallest absolute Gasteiger partial charge is 0.330 e. The lowest BCUT2D eigenvalue weighted by atomic mass is 10.1. The summed E-state index contributed by atoms with van der Waals surface area (Å²) < 4.78 is 6.42. The number of hydrogen-bond donors (Lipinski definition) is 2. The fraction of sp³-hybridized carbons (Fsp3) is 0.500. The highest BCUT2D eigenvalue weighted by atomic mass is 16.5. The van der Waals surface area contributed by atoms with Gasteiger partial charge >= 0.3 is 5.69 Å². The van der Waals surface area contributed by atoms with Crippen LogP contribution < -0.4 is 26.8 Å². The van der Waals surface area contributed by atoms with Gasteiger partial charge in [0.1, 0.15) is 5.82 Å². The van der Waals surface area contributed by atoms with Gasteiger partial charge in [0.15, 0.2) is 5.69 Å². The molecular formula is C24H33N5O5. The van der Waals surface area contributed by atoms with Crippen LogP contribution in [-0.4, -0.2) is 48.2 Å². The summed E-state index contributed by atoms with van der Waals surface area (Å²) in [6.45, 7) is 4.76. The zero-order valence-corrected chi connectivity index (χ0v) is 20.0. The molecule has 1 saturated heterocycles. The average Bonchev–Trinajstić information content (AvgIpc) is 3.22. The third-order valence-corrected chi connectivity index (χ3v) is 6.13. The molecule has 2 heterocycles. The number of methoxy groups -OCH3 is 1. The molecule has 2 aromatic rings. The van der Waals surface area contributed by atoms with Gasteiger partial charge in [-0.2, -0.15) is 0 Å². The van der Waals surface area contributed by atoms with Gasteiger partial charge in [0, 0.05) is 38.9 Å². The third kappa shape index (κ3) is 5.22. The molecule has 1 aliphatic rings. The minimum atomic E-state index is -0.740. The molecule has 1 aromatic heterocycles. The number of nitrogen functional groups attached to an aromatic ring is 1. The second kappa shape index (κ2) is 11.1. The fourth-order valence-corrected chi connectivity index (χ4v) is 4.15. The molecule has 0 saturated carbocycles. The van der Waals surface area contributed by atoms with Gasteiger partial charge in [-0.15, -0.1) is 0 Å². The van der Waals surface area contributed by atoms with E-state index in [2.05, 4.69) is 11.9 Å². The average molecular weight is 472 g/mol. The summed E-state index contributed by atoms with van der Waals surface area (Å²) in [5, 5.41) is 0. The van der Waals surface area contributed by atoms with Crippen molar-refractivity contribution in [2.24, 2.45) is 5.92 Å². The molecule has 1 fully saturated rings. The van der Waals surface area contributed by atoms with E-state index in [0.717, 1.165) is 24.1 Å². The monoisotopic (exact) mass is 471 g/mol. The van der Waals surface area contributed by atoms with Crippen LogP contribution in [0.1, 0.15) is 38.7 Å². The van der Waals surface area contributed by atoms with Gasteiger partial charge in [-0.25, -0.2) is 4.79 Å². The lowest BCUT2D eigenvalue weighted by Crippen LogP contribution is -2.45. The van der Waals surface area contributed by atoms with Gasteiger partial charge in [0.2, 0.25) is 11.8 Å². The Bertz CT molecular complexity index is 1140. The van der Waals surface area contributed by atoms with E-state index in [1.54, 1.807) is 4.90 Å². The van der Waals surface area contributed by atoms with E-state index < -0.39 is 23.1 Å². The predicted molar refractivity (Wildman–Crippen MR) is 131 cm³/mol. The van der Waals surface area contributed by atoms with Gasteiger partial charge in [-0.05, 0) is 30.5 Å². The standard InChI is InChI=1S/C24H33N5O5/c1-4-6-11-28-21(25)20(22(31)26-24(28)33)27(12-13-34-3)23(32)17-14-19(30)29(15-17)18-9-7-16(5-2)8-10-18/h7-10,17H,4-6,11-15,25H2,1-3H3,(H,26,31,33)/t17-/m1/s1. The number of anilines is 3. The molecule has 2 amide bonds. The van der Waals surface area contributed by atoms with Crippen molar-refractivity contribution in [2.75, 3.05) is 42.3 Å². The summed E-state index contributed by atoms with van der Waals surface area (Å²) in [4.78, 5) is 56.5. The number of aryl methyl sites for hydroxylation is 1. The number of ether oxygens (including phenoxy) is 1. The number of hydrogen-bond acceptors (Lipinski definition) is 6. The van der Waals surface area contributed by atoms with Crippen molar-refractivity contribution in [3.05, 3.63) is 50.7 Å². The molecule has 0 unspecified atom stereocenters. The minimum Gasteiger partial charge on any atom is -0.383 e. The van der Waals surface area contributed by atoms with Crippen molar-refractivity contribution in [2.45, 2.75) is 46.1 Å². The van der Waals surface area contributed by atoms with Crippen LogP contribution in [0.5, 0.6) is 0 Å². The first-order valence-corrected chi connectivity index (χ1v) is 11.6. The van der Waals surface area contributed by atoms with Gasteiger partial charge < -0.3 is 20.3 Å². The number of carbonyl (C=O) groups excluding carboxylic acids is 2. The molecular weight excluding hydrogens is 438 g/mol. The van der Waals surface area contributed by atoms with E-state index in [-0.39, 0.29) is 43.5 Å². The number of H-pyrrole nitrogens is 1. The highest BCUT2D eigenvalue weighted by molar-refractivity contribution is 6.05. The van der Waals surface area contributed by atoms with Crippen molar-refractivity contribution < 1.29 is 14.3 Å². The van der Waals surface area contributed by atoms with Gasteiger partial charge in [0.25, 0.3) is 5.56 Å². The van der Waals surface area contributed by atoms with Crippen molar-refractivity contribution >= 4 is 29.0 Å². The summed E-state index contributed by atoms with van der Waals surface area (Å²) >= 11 is 0.